The molecule has 1 atom stereocenters. The van der Waals surface area contributed by atoms with Gasteiger partial charge in [-0.15, -0.1) is 0 Å². The van der Waals surface area contributed by atoms with Crippen molar-refractivity contribution in [2.75, 3.05) is 39.8 Å². The van der Waals surface area contributed by atoms with Gasteiger partial charge < -0.3 is 10.6 Å². The normalized spacial score (nSPS) is 22.1. The second-order valence-corrected chi connectivity index (χ2v) is 8.18. The Bertz CT molecular complexity index is 645. The topological polar surface area (TPSA) is 82.8 Å². The maximum atomic E-state index is 12.7. The number of pyridine rings is 1. The number of primary amides is 1. The van der Waals surface area contributed by atoms with Crippen LogP contribution in [0.5, 0.6) is 0 Å². The number of hydrogen-bond acceptors (Lipinski definition) is 5. The second kappa shape index (κ2) is 9.98. The Kier molecular flexibility index (Phi) is 7.39. The van der Waals surface area contributed by atoms with Crippen LogP contribution in [-0.2, 0) is 16.1 Å². The number of aromatic nitrogens is 1. The van der Waals surface area contributed by atoms with Crippen molar-refractivity contribution in [3.63, 3.8) is 0 Å². The highest BCUT2D eigenvalue weighted by Gasteiger charge is 2.32. The zero-order valence-electron chi connectivity index (χ0n) is 16.9. The quantitative estimate of drug-likeness (QED) is 0.757. The Morgan fingerprint density at radius 1 is 1.25 bits per heavy atom. The predicted octanol–water partition coefficient (Wildman–Crippen LogP) is 1.09. The highest BCUT2D eigenvalue weighted by Crippen LogP contribution is 2.25. The summed E-state index contributed by atoms with van der Waals surface area (Å²) >= 11 is 0. The zero-order chi connectivity index (χ0) is 19.9. The van der Waals surface area contributed by atoms with Crippen molar-refractivity contribution in [1.82, 2.24) is 19.7 Å². The summed E-state index contributed by atoms with van der Waals surface area (Å²) in [4.78, 5) is 34.6. The van der Waals surface area contributed by atoms with E-state index in [2.05, 4.69) is 20.9 Å². The summed E-state index contributed by atoms with van der Waals surface area (Å²) in [6.07, 6.45) is 8.30. The van der Waals surface area contributed by atoms with Gasteiger partial charge in [-0.2, -0.15) is 0 Å². The Labute approximate surface area is 167 Å². The molecule has 0 saturated carbocycles. The molecular formula is C21H33N5O2. The molecule has 1 aromatic rings. The van der Waals surface area contributed by atoms with Crippen molar-refractivity contribution in [1.29, 1.82) is 0 Å². The molecule has 7 heteroatoms. The van der Waals surface area contributed by atoms with Crippen LogP contribution in [-0.4, -0.2) is 77.3 Å². The van der Waals surface area contributed by atoms with Crippen molar-refractivity contribution in [2.45, 2.75) is 44.7 Å². The molecule has 3 heterocycles. The first kappa shape index (κ1) is 20.7. The van der Waals surface area contributed by atoms with E-state index in [9.17, 15) is 9.59 Å². The maximum Gasteiger partial charge on any atom is 0.226 e. The van der Waals surface area contributed by atoms with Crippen LogP contribution in [0.4, 0.5) is 0 Å². The van der Waals surface area contributed by atoms with Gasteiger partial charge in [0.2, 0.25) is 11.8 Å². The number of carbonyl (C=O) groups excluding carboxylic acids is 2. The highest BCUT2D eigenvalue weighted by molar-refractivity contribution is 5.80. The zero-order valence-corrected chi connectivity index (χ0v) is 16.9. The minimum Gasteiger partial charge on any atom is -0.370 e. The number of nitrogens with two attached hydrogens (primary N) is 1. The standard InChI is InChI=1S/C21H33N5O2/c1-24(11-8-20(22)27)21(28)18-5-3-10-26(16-18)19-6-12-25(13-7-19)15-17-4-2-9-23-14-17/h2,4,9,14,18-19H,3,5-8,10-13,15-16H2,1H3,(H2,22,27). The van der Waals surface area contributed by atoms with Crippen LogP contribution in [0, 0.1) is 5.92 Å². The van der Waals surface area contributed by atoms with Crippen LogP contribution in [0.25, 0.3) is 0 Å². The van der Waals surface area contributed by atoms with Crippen LogP contribution in [0.3, 0.4) is 0 Å². The van der Waals surface area contributed by atoms with Gasteiger partial charge in [0.25, 0.3) is 0 Å². The minimum absolute atomic E-state index is 0.0417. The van der Waals surface area contributed by atoms with E-state index in [1.54, 1.807) is 11.9 Å². The molecule has 2 fully saturated rings. The number of amides is 2. The lowest BCUT2D eigenvalue weighted by molar-refractivity contribution is -0.136. The monoisotopic (exact) mass is 387 g/mol. The molecular weight excluding hydrogens is 354 g/mol. The van der Waals surface area contributed by atoms with Crippen molar-refractivity contribution in [2.24, 2.45) is 11.7 Å². The molecule has 2 aliphatic heterocycles. The predicted molar refractivity (Wildman–Crippen MR) is 108 cm³/mol. The van der Waals surface area contributed by atoms with Gasteiger partial charge in [0.15, 0.2) is 0 Å². The molecule has 2 aliphatic rings. The van der Waals surface area contributed by atoms with Crippen LogP contribution in [0.15, 0.2) is 24.5 Å². The maximum absolute atomic E-state index is 12.7. The number of piperidine rings is 2. The number of nitrogens with zero attached hydrogens (tertiary/aromatic N) is 4. The van der Waals surface area contributed by atoms with Gasteiger partial charge in [-0.25, -0.2) is 0 Å². The van der Waals surface area contributed by atoms with E-state index in [0.29, 0.717) is 12.6 Å². The molecule has 0 spiro atoms. The van der Waals surface area contributed by atoms with E-state index in [1.807, 2.05) is 18.5 Å². The molecule has 3 rings (SSSR count). The summed E-state index contributed by atoms with van der Waals surface area (Å²) in [7, 11) is 1.78. The van der Waals surface area contributed by atoms with Crippen molar-refractivity contribution < 1.29 is 9.59 Å². The van der Waals surface area contributed by atoms with E-state index < -0.39 is 0 Å². The van der Waals surface area contributed by atoms with Crippen molar-refractivity contribution in [3.8, 4) is 0 Å². The molecule has 0 aromatic carbocycles. The number of carbonyl (C=O) groups is 2. The molecule has 7 nitrogen and oxygen atoms in total. The second-order valence-electron chi connectivity index (χ2n) is 8.18. The first-order valence-corrected chi connectivity index (χ1v) is 10.4. The molecule has 0 aliphatic carbocycles. The molecule has 2 N–H and O–H groups in total. The van der Waals surface area contributed by atoms with Crippen LogP contribution in [0.2, 0.25) is 0 Å². The van der Waals surface area contributed by atoms with E-state index in [-0.39, 0.29) is 24.2 Å². The summed E-state index contributed by atoms with van der Waals surface area (Å²) in [5.74, 6) is -0.164. The van der Waals surface area contributed by atoms with E-state index in [0.717, 1.165) is 58.4 Å². The third kappa shape index (κ3) is 5.75. The fourth-order valence-corrected chi connectivity index (χ4v) is 4.43. The van der Waals surface area contributed by atoms with Gasteiger partial charge in [0, 0.05) is 51.5 Å². The summed E-state index contributed by atoms with van der Waals surface area (Å²) < 4.78 is 0. The summed E-state index contributed by atoms with van der Waals surface area (Å²) in [6, 6.07) is 4.69. The van der Waals surface area contributed by atoms with Gasteiger partial charge in [-0.3, -0.25) is 24.4 Å². The Balaban J connectivity index is 1.46. The lowest BCUT2D eigenvalue weighted by Gasteiger charge is -2.42. The average Bonchev–Trinajstić information content (AvgIpc) is 2.73. The van der Waals surface area contributed by atoms with E-state index >= 15 is 0 Å². The van der Waals surface area contributed by atoms with Gasteiger partial charge in [0.1, 0.15) is 0 Å². The summed E-state index contributed by atoms with van der Waals surface area (Å²) in [5.41, 5.74) is 6.47. The Morgan fingerprint density at radius 3 is 2.71 bits per heavy atom. The number of likely N-dealkylation sites (tertiary alicyclic amines) is 2. The number of hydrogen-bond donors (Lipinski definition) is 1. The fourth-order valence-electron chi connectivity index (χ4n) is 4.43. The Morgan fingerprint density at radius 2 is 2.04 bits per heavy atom. The van der Waals surface area contributed by atoms with E-state index in [1.165, 1.54) is 5.56 Å². The van der Waals surface area contributed by atoms with Gasteiger partial charge >= 0.3 is 0 Å². The van der Waals surface area contributed by atoms with Gasteiger partial charge in [-0.1, -0.05) is 6.07 Å². The highest BCUT2D eigenvalue weighted by atomic mass is 16.2. The molecule has 0 radical (unpaired) electrons. The molecule has 1 unspecified atom stereocenters. The fraction of sp³-hybridized carbons (Fsp3) is 0.667. The van der Waals surface area contributed by atoms with Crippen molar-refractivity contribution in [3.05, 3.63) is 30.1 Å². The van der Waals surface area contributed by atoms with Crippen molar-refractivity contribution >= 4 is 11.8 Å². The third-order valence-corrected chi connectivity index (χ3v) is 6.07. The SMILES string of the molecule is CN(CCC(N)=O)C(=O)C1CCCN(C2CCN(Cc3cccnc3)CC2)C1. The molecule has 154 valence electrons. The largest absolute Gasteiger partial charge is 0.370 e. The molecule has 1 aromatic heterocycles. The lowest BCUT2D eigenvalue weighted by Crippen LogP contribution is -2.51. The minimum atomic E-state index is -0.358. The third-order valence-electron chi connectivity index (χ3n) is 6.07. The Hall–Kier alpha value is -1.99. The van der Waals surface area contributed by atoms with Gasteiger partial charge in [-0.05, 0) is 56.9 Å². The first-order chi connectivity index (χ1) is 13.5. The summed E-state index contributed by atoms with van der Waals surface area (Å²) in [5, 5.41) is 0. The number of rotatable bonds is 7. The smallest absolute Gasteiger partial charge is 0.226 e. The molecule has 0 bridgehead atoms. The molecule has 2 amide bonds. The van der Waals surface area contributed by atoms with E-state index in [4.69, 9.17) is 5.73 Å². The summed E-state index contributed by atoms with van der Waals surface area (Å²) in [6.45, 7) is 5.49. The lowest BCUT2D eigenvalue weighted by atomic mass is 9.93. The van der Waals surface area contributed by atoms with Gasteiger partial charge in [0.05, 0.1) is 5.92 Å². The first-order valence-electron chi connectivity index (χ1n) is 10.4. The molecule has 28 heavy (non-hydrogen) atoms. The van der Waals surface area contributed by atoms with Crippen LogP contribution in [0.1, 0.15) is 37.7 Å². The van der Waals surface area contributed by atoms with Crippen LogP contribution >= 0.6 is 0 Å². The molecule has 2 saturated heterocycles. The average molecular weight is 388 g/mol. The van der Waals surface area contributed by atoms with Crippen LogP contribution < -0.4 is 5.73 Å².